The van der Waals surface area contributed by atoms with Crippen molar-refractivity contribution in [3.8, 4) is 0 Å². The van der Waals surface area contributed by atoms with Crippen LogP contribution in [0, 0.1) is 0 Å². The van der Waals surface area contributed by atoms with Crippen molar-refractivity contribution in [1.82, 2.24) is 4.90 Å². The molecule has 0 aliphatic rings. The molecule has 0 aromatic rings. The Hall–Kier alpha value is -0.330. The molecule has 0 fully saturated rings. The topological polar surface area (TPSA) is 38.5 Å². The molecule has 104 valence electrons. The highest BCUT2D eigenvalue weighted by Gasteiger charge is 2.28. The molecule has 0 aliphatic carbocycles. The van der Waals surface area contributed by atoms with Crippen molar-refractivity contribution in [3.63, 3.8) is 0 Å². The number of rotatable bonds is 8. The molecule has 0 spiro atoms. The van der Waals surface area contributed by atoms with Crippen LogP contribution < -0.4 is 5.73 Å². The van der Waals surface area contributed by atoms with Crippen LogP contribution in [-0.4, -0.2) is 49.5 Å². The molecule has 0 saturated heterocycles. The third kappa shape index (κ3) is 7.57. The Kier molecular flexibility index (Phi) is 7.04. The first-order valence-electron chi connectivity index (χ1n) is 5.82. The van der Waals surface area contributed by atoms with Gasteiger partial charge in [-0.2, -0.15) is 13.2 Å². The summed E-state index contributed by atoms with van der Waals surface area (Å²) >= 11 is 0. The second-order valence-corrected chi connectivity index (χ2v) is 4.67. The van der Waals surface area contributed by atoms with Crippen LogP contribution in [0.3, 0.4) is 0 Å². The zero-order valence-corrected chi connectivity index (χ0v) is 10.8. The van der Waals surface area contributed by atoms with Crippen molar-refractivity contribution in [3.05, 3.63) is 0 Å². The van der Waals surface area contributed by atoms with Crippen molar-refractivity contribution in [2.75, 3.05) is 32.8 Å². The summed E-state index contributed by atoms with van der Waals surface area (Å²) in [4.78, 5) is 2.06. The molecule has 0 saturated carbocycles. The number of alkyl halides is 3. The van der Waals surface area contributed by atoms with E-state index < -0.39 is 12.8 Å². The highest BCUT2D eigenvalue weighted by molar-refractivity contribution is 4.82. The Bertz CT molecular complexity index is 207. The average Bonchev–Trinajstić information content (AvgIpc) is 2.21. The van der Waals surface area contributed by atoms with E-state index in [1.54, 1.807) is 0 Å². The zero-order chi connectivity index (χ0) is 13.5. The largest absolute Gasteiger partial charge is 0.411 e. The van der Waals surface area contributed by atoms with E-state index in [1.807, 2.05) is 20.8 Å². The van der Waals surface area contributed by atoms with Gasteiger partial charge in [0.2, 0.25) is 0 Å². The molecule has 0 unspecified atom stereocenters. The lowest BCUT2D eigenvalue weighted by molar-refractivity contribution is -0.175. The first-order valence-corrected chi connectivity index (χ1v) is 5.82. The second-order valence-electron chi connectivity index (χ2n) is 4.67. The maximum Gasteiger partial charge on any atom is 0.411 e. The number of ether oxygens (including phenoxy) is 1. The molecule has 0 bridgehead atoms. The predicted molar refractivity (Wildman–Crippen MR) is 61.9 cm³/mol. The first kappa shape index (κ1) is 16.7. The van der Waals surface area contributed by atoms with Crippen molar-refractivity contribution in [2.45, 2.75) is 38.9 Å². The van der Waals surface area contributed by atoms with Crippen molar-refractivity contribution < 1.29 is 17.9 Å². The Labute approximate surface area is 101 Å². The third-order valence-corrected chi connectivity index (χ3v) is 2.62. The molecule has 0 aliphatic heterocycles. The maximum absolute atomic E-state index is 11.9. The molecule has 6 heteroatoms. The number of hydrogen-bond acceptors (Lipinski definition) is 3. The predicted octanol–water partition coefficient (Wildman–Crippen LogP) is 2.01. The molecule has 0 heterocycles. The minimum atomic E-state index is -4.25. The number of nitrogens with two attached hydrogens (primary N) is 1. The van der Waals surface area contributed by atoms with E-state index >= 15 is 0 Å². The third-order valence-electron chi connectivity index (χ3n) is 2.62. The summed E-state index contributed by atoms with van der Waals surface area (Å²) in [5.41, 5.74) is 5.44. The summed E-state index contributed by atoms with van der Waals surface area (Å²) in [6.07, 6.45) is -3.32. The standard InChI is InChI=1S/C11H23F3N2O/c1-4-5-16(10(2,3)8-15)6-7-17-9-11(12,13)14/h4-9,15H2,1-3H3. The molecular formula is C11H23F3N2O. The monoisotopic (exact) mass is 256 g/mol. The molecule has 3 nitrogen and oxygen atoms in total. The van der Waals surface area contributed by atoms with Gasteiger partial charge in [-0.1, -0.05) is 6.92 Å². The van der Waals surface area contributed by atoms with E-state index in [4.69, 9.17) is 5.73 Å². The van der Waals surface area contributed by atoms with Crippen LogP contribution in [0.4, 0.5) is 13.2 Å². The minimum Gasteiger partial charge on any atom is -0.371 e. The van der Waals surface area contributed by atoms with Crippen LogP contribution >= 0.6 is 0 Å². The number of halogens is 3. The Balaban J connectivity index is 4.02. The van der Waals surface area contributed by atoms with Gasteiger partial charge in [-0.05, 0) is 26.8 Å². The van der Waals surface area contributed by atoms with E-state index in [9.17, 15) is 13.2 Å². The molecule has 0 aromatic carbocycles. The lowest BCUT2D eigenvalue weighted by Gasteiger charge is -2.37. The zero-order valence-electron chi connectivity index (χ0n) is 10.8. The molecule has 0 atom stereocenters. The molecular weight excluding hydrogens is 233 g/mol. The Morgan fingerprint density at radius 2 is 1.76 bits per heavy atom. The van der Waals surface area contributed by atoms with Crippen LogP contribution in [-0.2, 0) is 4.74 Å². The maximum atomic E-state index is 11.9. The van der Waals surface area contributed by atoms with Crippen molar-refractivity contribution in [2.24, 2.45) is 5.73 Å². The van der Waals surface area contributed by atoms with Gasteiger partial charge in [0, 0.05) is 18.6 Å². The fourth-order valence-electron chi connectivity index (χ4n) is 1.48. The van der Waals surface area contributed by atoms with E-state index in [-0.39, 0.29) is 12.1 Å². The van der Waals surface area contributed by atoms with Crippen LogP contribution in [0.1, 0.15) is 27.2 Å². The van der Waals surface area contributed by atoms with E-state index in [1.165, 1.54) is 0 Å². The summed E-state index contributed by atoms with van der Waals surface area (Å²) in [5, 5.41) is 0. The van der Waals surface area contributed by atoms with Crippen LogP contribution in [0.5, 0.6) is 0 Å². The first-order chi connectivity index (χ1) is 7.73. The van der Waals surface area contributed by atoms with Gasteiger partial charge < -0.3 is 10.5 Å². The van der Waals surface area contributed by atoms with E-state index in [0.717, 1.165) is 13.0 Å². The Morgan fingerprint density at radius 3 is 2.18 bits per heavy atom. The van der Waals surface area contributed by atoms with Gasteiger partial charge in [0.05, 0.1) is 6.61 Å². The summed E-state index contributed by atoms with van der Waals surface area (Å²) in [6, 6.07) is 0. The average molecular weight is 256 g/mol. The van der Waals surface area contributed by atoms with Crippen LogP contribution in [0.2, 0.25) is 0 Å². The van der Waals surface area contributed by atoms with Gasteiger partial charge in [0.25, 0.3) is 0 Å². The van der Waals surface area contributed by atoms with Crippen LogP contribution in [0.15, 0.2) is 0 Å². The normalized spacial score (nSPS) is 13.4. The van der Waals surface area contributed by atoms with Crippen LogP contribution in [0.25, 0.3) is 0 Å². The highest BCUT2D eigenvalue weighted by Crippen LogP contribution is 2.15. The summed E-state index contributed by atoms with van der Waals surface area (Å²) in [6.45, 7) is 6.61. The van der Waals surface area contributed by atoms with Gasteiger partial charge >= 0.3 is 6.18 Å². The minimum absolute atomic E-state index is 0.0724. The summed E-state index contributed by atoms with van der Waals surface area (Å²) in [7, 11) is 0. The van der Waals surface area contributed by atoms with Gasteiger partial charge in [0.15, 0.2) is 0 Å². The van der Waals surface area contributed by atoms with Crippen molar-refractivity contribution >= 4 is 0 Å². The molecule has 0 aromatic heterocycles. The fourth-order valence-corrected chi connectivity index (χ4v) is 1.48. The van der Waals surface area contributed by atoms with Gasteiger partial charge in [0.1, 0.15) is 6.61 Å². The van der Waals surface area contributed by atoms with Gasteiger partial charge in [-0.25, -0.2) is 0 Å². The fraction of sp³-hybridized carbons (Fsp3) is 1.00. The lowest BCUT2D eigenvalue weighted by Crippen LogP contribution is -2.50. The highest BCUT2D eigenvalue weighted by atomic mass is 19.4. The van der Waals surface area contributed by atoms with Gasteiger partial charge in [-0.3, -0.25) is 4.90 Å². The molecule has 0 radical (unpaired) electrons. The lowest BCUT2D eigenvalue weighted by atomic mass is 10.0. The Morgan fingerprint density at radius 1 is 1.18 bits per heavy atom. The number of hydrogen-bond donors (Lipinski definition) is 1. The molecule has 2 N–H and O–H groups in total. The molecule has 0 rings (SSSR count). The quantitative estimate of drug-likeness (QED) is 0.675. The van der Waals surface area contributed by atoms with Gasteiger partial charge in [-0.15, -0.1) is 0 Å². The second kappa shape index (κ2) is 7.18. The smallest absolute Gasteiger partial charge is 0.371 e. The van der Waals surface area contributed by atoms with Crippen molar-refractivity contribution in [1.29, 1.82) is 0 Å². The molecule has 0 amide bonds. The summed E-state index contributed by atoms with van der Waals surface area (Å²) in [5.74, 6) is 0. The summed E-state index contributed by atoms with van der Waals surface area (Å²) < 4.78 is 40.2. The molecule has 17 heavy (non-hydrogen) atoms. The van der Waals surface area contributed by atoms with E-state index in [0.29, 0.717) is 13.1 Å². The number of nitrogens with zero attached hydrogens (tertiary/aromatic N) is 1. The SMILES string of the molecule is CCCN(CCOCC(F)(F)F)C(C)(C)CN. The van der Waals surface area contributed by atoms with E-state index in [2.05, 4.69) is 9.64 Å².